The van der Waals surface area contributed by atoms with Crippen LogP contribution in [-0.4, -0.2) is 40.3 Å². The third kappa shape index (κ3) is 10.5. The number of ketones is 1. The topological polar surface area (TPSA) is 74.7 Å². The van der Waals surface area contributed by atoms with Gasteiger partial charge in [0.1, 0.15) is 0 Å². The average Bonchev–Trinajstić information content (AvgIpc) is 3.11. The molecule has 1 amide bonds. The number of amides is 1. The van der Waals surface area contributed by atoms with E-state index < -0.39 is 5.97 Å². The number of rotatable bonds is 16. The van der Waals surface area contributed by atoms with Gasteiger partial charge in [0, 0.05) is 25.4 Å². The maximum atomic E-state index is 12.5. The van der Waals surface area contributed by atoms with Crippen molar-refractivity contribution in [1.29, 1.82) is 0 Å². The quantitative estimate of drug-likeness (QED) is 0.298. The Morgan fingerprint density at radius 1 is 0.852 bits per heavy atom. The van der Waals surface area contributed by atoms with Crippen LogP contribution in [0.25, 0.3) is 0 Å². The number of hydrogen-bond acceptors (Lipinski definition) is 3. The van der Waals surface area contributed by atoms with E-state index in [2.05, 4.69) is 6.92 Å². The average molecular weight is 382 g/mol. The summed E-state index contributed by atoms with van der Waals surface area (Å²) in [5, 5.41) is 8.61. The number of unbranched alkanes of at least 4 members (excludes halogenated alkanes) is 9. The molecule has 5 nitrogen and oxygen atoms in total. The molecule has 0 radical (unpaired) electrons. The first-order valence-electron chi connectivity index (χ1n) is 11.1. The van der Waals surface area contributed by atoms with Gasteiger partial charge in [-0.2, -0.15) is 0 Å². The number of hydrogen-bond donors (Lipinski definition) is 1. The van der Waals surface area contributed by atoms with Gasteiger partial charge >= 0.3 is 5.97 Å². The van der Waals surface area contributed by atoms with Gasteiger partial charge in [0.05, 0.1) is 0 Å². The third-order valence-electron chi connectivity index (χ3n) is 5.56. The minimum atomic E-state index is -0.712. The number of Topliss-reactive ketones (excluding diaryl/α,β-unsaturated/α-hetero) is 1. The van der Waals surface area contributed by atoms with E-state index in [0.29, 0.717) is 6.42 Å². The van der Waals surface area contributed by atoms with E-state index in [9.17, 15) is 14.4 Å². The number of aliphatic carboxylic acids is 1. The first kappa shape index (κ1) is 23.6. The van der Waals surface area contributed by atoms with Crippen LogP contribution in [0.1, 0.15) is 110 Å². The van der Waals surface area contributed by atoms with Gasteiger partial charge in [-0.15, -0.1) is 0 Å². The Balaban J connectivity index is 2.15. The lowest BCUT2D eigenvalue weighted by atomic mass is 10.0. The molecule has 5 heteroatoms. The predicted octanol–water partition coefficient (Wildman–Crippen LogP) is 5.11. The zero-order valence-corrected chi connectivity index (χ0v) is 17.2. The summed E-state index contributed by atoms with van der Waals surface area (Å²) in [5.74, 6) is -1.16. The lowest BCUT2D eigenvalue weighted by molar-refractivity contribution is -0.145. The molecule has 1 N–H and O–H groups in total. The first-order chi connectivity index (χ1) is 13.1. The summed E-state index contributed by atoms with van der Waals surface area (Å²) in [4.78, 5) is 37.0. The zero-order valence-electron chi connectivity index (χ0n) is 17.2. The van der Waals surface area contributed by atoms with Crippen LogP contribution in [0.2, 0.25) is 0 Å². The Hall–Kier alpha value is -1.39. The molecule has 1 aliphatic heterocycles. The van der Waals surface area contributed by atoms with Gasteiger partial charge in [0.15, 0.2) is 0 Å². The molecular formula is C22H39NO4. The second-order valence-electron chi connectivity index (χ2n) is 7.94. The molecular weight excluding hydrogens is 342 g/mol. The molecule has 1 saturated heterocycles. The fourth-order valence-electron chi connectivity index (χ4n) is 3.92. The molecule has 0 aromatic carbocycles. The minimum Gasteiger partial charge on any atom is -0.481 e. The van der Waals surface area contributed by atoms with Gasteiger partial charge in [-0.25, -0.2) is 0 Å². The summed E-state index contributed by atoms with van der Waals surface area (Å²) in [6, 6.07) is 0.244. The van der Waals surface area contributed by atoms with Crippen LogP contribution in [0.4, 0.5) is 0 Å². The highest BCUT2D eigenvalue weighted by Crippen LogP contribution is 2.23. The molecule has 0 unspecified atom stereocenters. The van der Waals surface area contributed by atoms with Crippen LogP contribution in [0.15, 0.2) is 0 Å². The van der Waals surface area contributed by atoms with Gasteiger partial charge in [0.2, 0.25) is 5.78 Å². The molecule has 0 spiro atoms. The number of carboxylic acid groups (broad SMARTS) is 1. The van der Waals surface area contributed by atoms with Crippen molar-refractivity contribution < 1.29 is 19.5 Å². The molecule has 0 aliphatic carbocycles. The Morgan fingerprint density at radius 2 is 1.44 bits per heavy atom. The number of likely N-dealkylation sites (tertiary alicyclic amines) is 1. The molecule has 1 rings (SSSR count). The Kier molecular flexibility index (Phi) is 12.8. The van der Waals surface area contributed by atoms with Crippen molar-refractivity contribution in [3.8, 4) is 0 Å². The predicted molar refractivity (Wildman–Crippen MR) is 108 cm³/mol. The van der Waals surface area contributed by atoms with Crippen molar-refractivity contribution >= 4 is 17.7 Å². The van der Waals surface area contributed by atoms with Gasteiger partial charge < -0.3 is 10.0 Å². The zero-order chi connectivity index (χ0) is 19.9. The van der Waals surface area contributed by atoms with E-state index in [4.69, 9.17) is 5.11 Å². The maximum Gasteiger partial charge on any atom is 0.303 e. The normalized spacial score (nSPS) is 16.6. The molecule has 1 heterocycles. The van der Waals surface area contributed by atoms with Crippen LogP contribution >= 0.6 is 0 Å². The van der Waals surface area contributed by atoms with Crippen molar-refractivity contribution in [1.82, 2.24) is 4.90 Å². The second kappa shape index (κ2) is 14.6. The van der Waals surface area contributed by atoms with Gasteiger partial charge in [-0.05, 0) is 32.1 Å². The summed E-state index contributed by atoms with van der Waals surface area (Å²) in [6.07, 6.45) is 15.3. The van der Waals surface area contributed by atoms with Crippen LogP contribution in [0, 0.1) is 0 Å². The van der Waals surface area contributed by atoms with Crippen molar-refractivity contribution in [3.63, 3.8) is 0 Å². The fourth-order valence-corrected chi connectivity index (χ4v) is 3.92. The molecule has 0 aromatic heterocycles. The van der Waals surface area contributed by atoms with E-state index >= 15 is 0 Å². The lowest BCUT2D eigenvalue weighted by Gasteiger charge is -2.24. The monoisotopic (exact) mass is 381 g/mol. The molecule has 0 bridgehead atoms. The molecule has 0 saturated carbocycles. The van der Waals surface area contributed by atoms with E-state index in [1.807, 2.05) is 4.90 Å². The summed E-state index contributed by atoms with van der Waals surface area (Å²) in [5.41, 5.74) is 0. The molecule has 27 heavy (non-hydrogen) atoms. The number of nitrogens with zero attached hydrogens (tertiary/aromatic N) is 1. The van der Waals surface area contributed by atoms with Crippen LogP contribution in [0.5, 0.6) is 0 Å². The van der Waals surface area contributed by atoms with Crippen LogP contribution in [0.3, 0.4) is 0 Å². The summed E-state index contributed by atoms with van der Waals surface area (Å²) >= 11 is 0. The molecule has 0 aromatic rings. The van der Waals surface area contributed by atoms with Gasteiger partial charge in [0.25, 0.3) is 5.91 Å². The highest BCUT2D eigenvalue weighted by Gasteiger charge is 2.31. The van der Waals surface area contributed by atoms with E-state index in [0.717, 1.165) is 83.6 Å². The fraction of sp³-hybridized carbons (Fsp3) is 0.864. The highest BCUT2D eigenvalue weighted by molar-refractivity contribution is 6.36. The second-order valence-corrected chi connectivity index (χ2v) is 7.94. The van der Waals surface area contributed by atoms with Crippen LogP contribution < -0.4 is 0 Å². The highest BCUT2D eigenvalue weighted by atomic mass is 16.4. The third-order valence-corrected chi connectivity index (χ3v) is 5.56. The Labute approximate surface area is 164 Å². The number of carboxylic acids is 1. The largest absolute Gasteiger partial charge is 0.481 e. The number of carbonyl (C=O) groups is 3. The van der Waals surface area contributed by atoms with Crippen molar-refractivity contribution in [2.75, 3.05) is 6.54 Å². The standard InChI is InChI=1S/C22H39NO4/c1-2-3-4-7-11-16-20(24)22(27)23-18-13-15-19(23)14-10-8-5-6-9-12-17-21(25)26/h19H,2-18H2,1H3,(H,25,26)/t19-/m0/s1. The Bertz CT molecular complexity index is 450. The van der Waals surface area contributed by atoms with Gasteiger partial charge in [-0.1, -0.05) is 64.7 Å². The Morgan fingerprint density at radius 3 is 2.11 bits per heavy atom. The summed E-state index contributed by atoms with van der Waals surface area (Å²) in [7, 11) is 0. The number of carbonyl (C=O) groups excluding carboxylic acids is 2. The van der Waals surface area contributed by atoms with Gasteiger partial charge in [-0.3, -0.25) is 14.4 Å². The minimum absolute atomic E-state index is 0.197. The SMILES string of the molecule is CCCCCCCC(=O)C(=O)N1CCC[C@@H]1CCCCCCCCC(=O)O. The summed E-state index contributed by atoms with van der Waals surface area (Å²) < 4.78 is 0. The van der Waals surface area contributed by atoms with E-state index in [1.165, 1.54) is 12.8 Å². The smallest absolute Gasteiger partial charge is 0.303 e. The van der Waals surface area contributed by atoms with E-state index in [-0.39, 0.29) is 24.2 Å². The van der Waals surface area contributed by atoms with Crippen molar-refractivity contribution in [2.24, 2.45) is 0 Å². The van der Waals surface area contributed by atoms with E-state index in [1.54, 1.807) is 0 Å². The molecule has 156 valence electrons. The molecule has 1 aliphatic rings. The lowest BCUT2D eigenvalue weighted by Crippen LogP contribution is -2.40. The maximum absolute atomic E-state index is 12.5. The van der Waals surface area contributed by atoms with Crippen molar-refractivity contribution in [2.45, 2.75) is 116 Å². The molecule has 1 atom stereocenters. The molecule has 1 fully saturated rings. The van der Waals surface area contributed by atoms with Crippen LogP contribution in [-0.2, 0) is 14.4 Å². The van der Waals surface area contributed by atoms with Crippen molar-refractivity contribution in [3.05, 3.63) is 0 Å². The summed E-state index contributed by atoms with van der Waals surface area (Å²) in [6.45, 7) is 2.90. The first-order valence-corrected chi connectivity index (χ1v) is 11.1.